The van der Waals surface area contributed by atoms with E-state index in [4.69, 9.17) is 10.5 Å². The smallest absolute Gasteiger partial charge is 0.267 e. The Bertz CT molecular complexity index is 599. The standard InChI is InChI=1S/C13H11FN2O2/c1-18-12-6-5-8(7-9(12)14)10-3-2-4-11(16-10)13(15)17/h2-7H,1H3,(H2,15,17). The third kappa shape index (κ3) is 2.29. The molecule has 0 aliphatic rings. The van der Waals surface area contributed by atoms with Crippen LogP contribution in [0.4, 0.5) is 4.39 Å². The molecule has 92 valence electrons. The third-order valence-corrected chi connectivity index (χ3v) is 2.45. The van der Waals surface area contributed by atoms with Crippen LogP contribution in [0.5, 0.6) is 5.75 Å². The number of halogens is 1. The zero-order valence-electron chi connectivity index (χ0n) is 9.68. The fraction of sp³-hybridized carbons (Fsp3) is 0.0769. The van der Waals surface area contributed by atoms with Gasteiger partial charge in [-0.3, -0.25) is 4.79 Å². The van der Waals surface area contributed by atoms with Gasteiger partial charge in [0.1, 0.15) is 5.69 Å². The van der Waals surface area contributed by atoms with E-state index in [1.165, 1.54) is 25.3 Å². The summed E-state index contributed by atoms with van der Waals surface area (Å²) >= 11 is 0. The number of pyridine rings is 1. The molecule has 5 heteroatoms. The highest BCUT2D eigenvalue weighted by Gasteiger charge is 2.08. The molecule has 2 aromatic rings. The van der Waals surface area contributed by atoms with Gasteiger partial charge in [0, 0.05) is 5.56 Å². The molecule has 1 aromatic carbocycles. The predicted molar refractivity (Wildman–Crippen MR) is 64.7 cm³/mol. The quantitative estimate of drug-likeness (QED) is 0.900. The number of nitrogens with zero attached hydrogens (tertiary/aromatic N) is 1. The third-order valence-electron chi connectivity index (χ3n) is 2.45. The average Bonchev–Trinajstić information content (AvgIpc) is 2.38. The Morgan fingerprint density at radius 1 is 1.33 bits per heavy atom. The Hall–Kier alpha value is -2.43. The molecule has 0 fully saturated rings. The van der Waals surface area contributed by atoms with Gasteiger partial charge in [-0.05, 0) is 30.3 Å². The van der Waals surface area contributed by atoms with Gasteiger partial charge in [-0.1, -0.05) is 6.07 Å². The maximum absolute atomic E-state index is 13.6. The SMILES string of the molecule is COc1ccc(-c2cccc(C(N)=O)n2)cc1F. The highest BCUT2D eigenvalue weighted by atomic mass is 19.1. The molecule has 2 N–H and O–H groups in total. The normalized spacial score (nSPS) is 10.1. The summed E-state index contributed by atoms with van der Waals surface area (Å²) in [6.07, 6.45) is 0. The van der Waals surface area contributed by atoms with Gasteiger partial charge in [-0.25, -0.2) is 9.37 Å². The average molecular weight is 246 g/mol. The van der Waals surface area contributed by atoms with Crippen LogP contribution in [0.25, 0.3) is 11.3 Å². The van der Waals surface area contributed by atoms with Crippen molar-refractivity contribution in [2.45, 2.75) is 0 Å². The molecule has 0 aliphatic carbocycles. The summed E-state index contributed by atoms with van der Waals surface area (Å²) in [5.74, 6) is -0.947. The monoisotopic (exact) mass is 246 g/mol. The molecule has 1 heterocycles. The maximum Gasteiger partial charge on any atom is 0.267 e. The molecule has 0 saturated heterocycles. The van der Waals surface area contributed by atoms with Gasteiger partial charge in [0.05, 0.1) is 12.8 Å². The maximum atomic E-state index is 13.6. The number of primary amides is 1. The van der Waals surface area contributed by atoms with Gasteiger partial charge in [0.15, 0.2) is 11.6 Å². The molecule has 4 nitrogen and oxygen atoms in total. The van der Waals surface area contributed by atoms with Crippen molar-refractivity contribution in [1.82, 2.24) is 4.98 Å². The first-order chi connectivity index (χ1) is 8.61. The Labute approximate surface area is 103 Å². The fourth-order valence-corrected chi connectivity index (χ4v) is 1.56. The Morgan fingerprint density at radius 2 is 2.11 bits per heavy atom. The number of amides is 1. The summed E-state index contributed by atoms with van der Waals surface area (Å²) in [5.41, 5.74) is 6.31. The molecule has 0 spiro atoms. The first kappa shape index (κ1) is 12.0. The largest absolute Gasteiger partial charge is 0.494 e. The molecule has 0 radical (unpaired) electrons. The predicted octanol–water partition coefficient (Wildman–Crippen LogP) is 2.00. The second-order valence-electron chi connectivity index (χ2n) is 3.62. The lowest BCUT2D eigenvalue weighted by molar-refractivity contribution is 0.0995. The van der Waals surface area contributed by atoms with Crippen LogP contribution < -0.4 is 10.5 Å². The first-order valence-electron chi connectivity index (χ1n) is 5.22. The number of carbonyl (C=O) groups is 1. The minimum absolute atomic E-state index is 0.142. The van der Waals surface area contributed by atoms with Crippen LogP contribution >= 0.6 is 0 Å². The number of methoxy groups -OCH3 is 1. The molecule has 0 unspecified atom stereocenters. The number of rotatable bonds is 3. The van der Waals surface area contributed by atoms with E-state index in [0.717, 1.165) is 0 Å². The number of ether oxygens (including phenoxy) is 1. The number of aromatic nitrogens is 1. The molecule has 0 bridgehead atoms. The minimum atomic E-state index is -0.620. The fourth-order valence-electron chi connectivity index (χ4n) is 1.56. The number of carbonyl (C=O) groups excluding carboxylic acids is 1. The molecule has 0 aliphatic heterocycles. The van der Waals surface area contributed by atoms with Crippen LogP contribution in [0.2, 0.25) is 0 Å². The van der Waals surface area contributed by atoms with Crippen molar-refractivity contribution in [3.8, 4) is 17.0 Å². The zero-order valence-corrected chi connectivity index (χ0v) is 9.68. The summed E-state index contributed by atoms with van der Waals surface area (Å²) in [5, 5.41) is 0. The van der Waals surface area contributed by atoms with Crippen LogP contribution in [0, 0.1) is 5.82 Å². The van der Waals surface area contributed by atoms with Crippen LogP contribution in [0.3, 0.4) is 0 Å². The van der Waals surface area contributed by atoms with Crippen molar-refractivity contribution in [2.24, 2.45) is 5.73 Å². The van der Waals surface area contributed by atoms with Crippen LogP contribution in [0.1, 0.15) is 10.5 Å². The van der Waals surface area contributed by atoms with Crippen molar-refractivity contribution < 1.29 is 13.9 Å². The zero-order chi connectivity index (χ0) is 13.1. The van der Waals surface area contributed by atoms with E-state index < -0.39 is 11.7 Å². The van der Waals surface area contributed by atoms with Crippen molar-refractivity contribution >= 4 is 5.91 Å². The van der Waals surface area contributed by atoms with Gasteiger partial charge in [0.2, 0.25) is 0 Å². The van der Waals surface area contributed by atoms with Crippen LogP contribution in [-0.2, 0) is 0 Å². The number of hydrogen-bond acceptors (Lipinski definition) is 3. The number of hydrogen-bond donors (Lipinski definition) is 1. The molecule has 1 aromatic heterocycles. The van der Waals surface area contributed by atoms with Gasteiger partial charge in [0.25, 0.3) is 5.91 Å². The van der Waals surface area contributed by atoms with Gasteiger partial charge < -0.3 is 10.5 Å². The Morgan fingerprint density at radius 3 is 2.72 bits per heavy atom. The van der Waals surface area contributed by atoms with Crippen molar-refractivity contribution in [3.05, 3.63) is 47.9 Å². The number of nitrogens with two attached hydrogens (primary N) is 1. The van der Waals surface area contributed by atoms with E-state index in [9.17, 15) is 9.18 Å². The highest BCUT2D eigenvalue weighted by molar-refractivity contribution is 5.91. The van der Waals surface area contributed by atoms with Crippen LogP contribution in [-0.4, -0.2) is 18.0 Å². The van der Waals surface area contributed by atoms with Gasteiger partial charge in [-0.2, -0.15) is 0 Å². The second kappa shape index (κ2) is 4.83. The molecular weight excluding hydrogens is 235 g/mol. The molecule has 0 saturated carbocycles. The topological polar surface area (TPSA) is 65.2 Å². The van der Waals surface area contributed by atoms with Gasteiger partial charge in [-0.15, -0.1) is 0 Å². The van der Waals surface area contributed by atoms with Crippen molar-refractivity contribution in [1.29, 1.82) is 0 Å². The first-order valence-corrected chi connectivity index (χ1v) is 5.22. The molecule has 2 rings (SSSR count). The molecular formula is C13H11FN2O2. The van der Waals surface area contributed by atoms with Crippen molar-refractivity contribution in [2.75, 3.05) is 7.11 Å². The van der Waals surface area contributed by atoms with E-state index in [-0.39, 0.29) is 11.4 Å². The van der Waals surface area contributed by atoms with E-state index in [0.29, 0.717) is 11.3 Å². The van der Waals surface area contributed by atoms with E-state index >= 15 is 0 Å². The summed E-state index contributed by atoms with van der Waals surface area (Å²) < 4.78 is 18.4. The lowest BCUT2D eigenvalue weighted by Gasteiger charge is -2.05. The highest BCUT2D eigenvalue weighted by Crippen LogP contribution is 2.24. The van der Waals surface area contributed by atoms with E-state index in [2.05, 4.69) is 4.98 Å². The lowest BCUT2D eigenvalue weighted by atomic mass is 10.1. The molecule has 1 amide bonds. The van der Waals surface area contributed by atoms with E-state index in [1.807, 2.05) is 0 Å². The van der Waals surface area contributed by atoms with Crippen molar-refractivity contribution in [3.63, 3.8) is 0 Å². The summed E-state index contributed by atoms with van der Waals surface area (Å²) in [4.78, 5) is 15.1. The Kier molecular flexibility index (Phi) is 3.23. The van der Waals surface area contributed by atoms with Gasteiger partial charge >= 0.3 is 0 Å². The Balaban J connectivity index is 2.45. The van der Waals surface area contributed by atoms with Crippen LogP contribution in [0.15, 0.2) is 36.4 Å². The summed E-state index contributed by atoms with van der Waals surface area (Å²) in [6, 6.07) is 9.29. The minimum Gasteiger partial charge on any atom is -0.494 e. The number of benzene rings is 1. The summed E-state index contributed by atoms with van der Waals surface area (Å²) in [7, 11) is 1.39. The van der Waals surface area contributed by atoms with E-state index in [1.54, 1.807) is 18.2 Å². The lowest BCUT2D eigenvalue weighted by Crippen LogP contribution is -2.13. The molecule has 18 heavy (non-hydrogen) atoms. The second-order valence-corrected chi connectivity index (χ2v) is 3.62. The summed E-state index contributed by atoms with van der Waals surface area (Å²) in [6.45, 7) is 0. The molecule has 0 atom stereocenters.